The van der Waals surface area contributed by atoms with Crippen LogP contribution in [-0.4, -0.2) is 31.3 Å². The Bertz CT molecular complexity index is 505. The average molecular weight is 264 g/mol. The van der Waals surface area contributed by atoms with Gasteiger partial charge in [-0.3, -0.25) is 9.59 Å². The number of benzene rings is 1. The first-order valence-corrected chi connectivity index (χ1v) is 5.87. The molecule has 0 aliphatic carbocycles. The van der Waals surface area contributed by atoms with Crippen LogP contribution in [0.25, 0.3) is 0 Å². The Hall–Kier alpha value is -2.17. The number of ether oxygens (including phenoxy) is 2. The summed E-state index contributed by atoms with van der Waals surface area (Å²) in [5, 5.41) is 0. The summed E-state index contributed by atoms with van der Waals surface area (Å²) >= 11 is 0. The summed E-state index contributed by atoms with van der Waals surface area (Å²) in [6.45, 7) is 3.55. The first-order chi connectivity index (χ1) is 8.99. The van der Waals surface area contributed by atoms with Crippen molar-refractivity contribution in [2.75, 3.05) is 13.7 Å². The van der Waals surface area contributed by atoms with Crippen molar-refractivity contribution >= 4 is 17.5 Å². The molecule has 0 saturated carbocycles. The van der Waals surface area contributed by atoms with Crippen LogP contribution in [0.4, 0.5) is 0 Å². The molecule has 5 nitrogen and oxygen atoms in total. The Balaban J connectivity index is 2.78. The number of hydrogen-bond donors (Lipinski definition) is 0. The summed E-state index contributed by atoms with van der Waals surface area (Å²) in [7, 11) is 1.50. The van der Waals surface area contributed by atoms with Crippen LogP contribution in [0.3, 0.4) is 0 Å². The number of Topliss-reactive ketones (excluding diaryl/α,β-unsaturated/α-hetero) is 2. The lowest BCUT2D eigenvalue weighted by Gasteiger charge is -2.06. The number of carbonyl (C=O) groups excluding carboxylic acids is 3. The van der Waals surface area contributed by atoms with Crippen molar-refractivity contribution in [1.29, 1.82) is 0 Å². The van der Waals surface area contributed by atoms with Gasteiger partial charge in [0.15, 0.2) is 5.78 Å². The van der Waals surface area contributed by atoms with E-state index in [1.54, 1.807) is 25.1 Å². The Labute approximate surface area is 111 Å². The molecular weight excluding hydrogens is 248 g/mol. The number of hydrogen-bond acceptors (Lipinski definition) is 5. The van der Waals surface area contributed by atoms with E-state index in [0.29, 0.717) is 11.3 Å². The van der Waals surface area contributed by atoms with Gasteiger partial charge in [0.1, 0.15) is 5.75 Å². The van der Waals surface area contributed by atoms with Crippen molar-refractivity contribution in [1.82, 2.24) is 0 Å². The first-order valence-electron chi connectivity index (χ1n) is 5.87. The lowest BCUT2D eigenvalue weighted by Crippen LogP contribution is -2.20. The van der Waals surface area contributed by atoms with Gasteiger partial charge in [-0.05, 0) is 25.5 Å². The van der Waals surface area contributed by atoms with Gasteiger partial charge in [-0.25, -0.2) is 4.79 Å². The number of rotatable bonds is 6. The molecule has 0 spiro atoms. The molecule has 5 heteroatoms. The van der Waals surface area contributed by atoms with Crippen molar-refractivity contribution < 1.29 is 23.9 Å². The van der Waals surface area contributed by atoms with Crippen LogP contribution in [-0.2, 0) is 14.3 Å². The second kappa shape index (κ2) is 6.68. The van der Waals surface area contributed by atoms with Crippen molar-refractivity contribution in [2.24, 2.45) is 0 Å². The van der Waals surface area contributed by atoms with Crippen LogP contribution in [0.1, 0.15) is 29.3 Å². The monoisotopic (exact) mass is 264 g/mol. The number of aryl methyl sites for hydroxylation is 1. The van der Waals surface area contributed by atoms with E-state index in [0.717, 1.165) is 5.56 Å². The number of methoxy groups -OCH3 is 1. The normalized spacial score (nSPS) is 9.84. The maximum atomic E-state index is 11.9. The van der Waals surface area contributed by atoms with Gasteiger partial charge < -0.3 is 9.47 Å². The molecule has 0 unspecified atom stereocenters. The van der Waals surface area contributed by atoms with Crippen molar-refractivity contribution in [3.63, 3.8) is 0 Å². The lowest BCUT2D eigenvalue weighted by atomic mass is 10.0. The van der Waals surface area contributed by atoms with Gasteiger partial charge in [0.05, 0.1) is 20.1 Å². The highest BCUT2D eigenvalue weighted by molar-refractivity contribution is 6.38. The molecule has 0 heterocycles. The van der Waals surface area contributed by atoms with E-state index in [1.807, 2.05) is 6.92 Å². The van der Waals surface area contributed by atoms with Crippen LogP contribution in [0, 0.1) is 6.92 Å². The highest BCUT2D eigenvalue weighted by Crippen LogP contribution is 2.19. The van der Waals surface area contributed by atoms with Crippen LogP contribution in [0.15, 0.2) is 18.2 Å². The molecule has 0 fully saturated rings. The minimum Gasteiger partial charge on any atom is -0.496 e. The predicted octanol–water partition coefficient (Wildman–Crippen LogP) is 1.71. The fourth-order valence-electron chi connectivity index (χ4n) is 1.53. The minimum atomic E-state index is -0.977. The minimum absolute atomic E-state index is 0.108. The van der Waals surface area contributed by atoms with Gasteiger partial charge in [-0.2, -0.15) is 0 Å². The Kier molecular flexibility index (Phi) is 5.23. The molecule has 102 valence electrons. The molecule has 0 radical (unpaired) electrons. The van der Waals surface area contributed by atoms with Crippen molar-refractivity contribution in [3.8, 4) is 5.75 Å². The van der Waals surface area contributed by atoms with E-state index in [1.165, 1.54) is 7.11 Å². The van der Waals surface area contributed by atoms with Gasteiger partial charge in [-0.15, -0.1) is 0 Å². The molecule has 0 saturated heterocycles. The van der Waals surface area contributed by atoms with E-state index < -0.39 is 24.0 Å². The van der Waals surface area contributed by atoms with Crippen molar-refractivity contribution in [2.45, 2.75) is 20.3 Å². The number of ketones is 2. The Morgan fingerprint density at radius 2 is 1.89 bits per heavy atom. The van der Waals surface area contributed by atoms with E-state index in [2.05, 4.69) is 4.74 Å². The zero-order valence-corrected chi connectivity index (χ0v) is 11.2. The maximum Gasteiger partial charge on any atom is 0.375 e. The van der Waals surface area contributed by atoms with E-state index in [-0.39, 0.29) is 6.61 Å². The van der Waals surface area contributed by atoms with Crippen LogP contribution >= 0.6 is 0 Å². The molecule has 0 N–H and O–H groups in total. The second-order valence-electron chi connectivity index (χ2n) is 3.93. The van der Waals surface area contributed by atoms with Crippen LogP contribution in [0.2, 0.25) is 0 Å². The summed E-state index contributed by atoms with van der Waals surface area (Å²) < 4.78 is 9.64. The zero-order chi connectivity index (χ0) is 14.4. The fourth-order valence-corrected chi connectivity index (χ4v) is 1.53. The molecule has 0 aromatic heterocycles. The van der Waals surface area contributed by atoms with E-state index in [9.17, 15) is 14.4 Å². The number of carbonyl (C=O) groups is 3. The first kappa shape index (κ1) is 14.9. The maximum absolute atomic E-state index is 11.9. The third-order valence-electron chi connectivity index (χ3n) is 2.55. The summed E-state index contributed by atoms with van der Waals surface area (Å²) in [6, 6.07) is 4.87. The topological polar surface area (TPSA) is 69.7 Å². The van der Waals surface area contributed by atoms with Gasteiger partial charge >= 0.3 is 5.97 Å². The Morgan fingerprint density at radius 3 is 2.47 bits per heavy atom. The lowest BCUT2D eigenvalue weighted by molar-refractivity contribution is -0.153. The molecule has 0 bridgehead atoms. The molecule has 1 rings (SSSR count). The average Bonchev–Trinajstić information content (AvgIpc) is 2.39. The molecule has 1 aromatic rings. The highest BCUT2D eigenvalue weighted by Gasteiger charge is 2.20. The standard InChI is InChI=1S/C14H16O5/c1-4-19-14(17)12(16)8-11(15)10-6-5-9(2)13(7-10)18-3/h5-7H,4,8H2,1-3H3. The third kappa shape index (κ3) is 3.91. The molecule has 19 heavy (non-hydrogen) atoms. The quantitative estimate of drug-likeness (QED) is 0.338. The summed E-state index contributed by atoms with van der Waals surface area (Å²) in [5.74, 6) is -1.69. The highest BCUT2D eigenvalue weighted by atomic mass is 16.5. The molecule has 0 atom stereocenters. The zero-order valence-electron chi connectivity index (χ0n) is 11.2. The fraction of sp³-hybridized carbons (Fsp3) is 0.357. The second-order valence-corrected chi connectivity index (χ2v) is 3.93. The SMILES string of the molecule is CCOC(=O)C(=O)CC(=O)c1ccc(C)c(OC)c1. The van der Waals surface area contributed by atoms with Crippen molar-refractivity contribution in [3.05, 3.63) is 29.3 Å². The van der Waals surface area contributed by atoms with Crippen LogP contribution in [0.5, 0.6) is 5.75 Å². The summed E-state index contributed by atoms with van der Waals surface area (Å²) in [6.07, 6.45) is -0.495. The molecule has 0 amide bonds. The molecular formula is C14H16O5. The van der Waals surface area contributed by atoms with Crippen LogP contribution < -0.4 is 4.74 Å². The summed E-state index contributed by atoms with van der Waals surface area (Å²) in [5.41, 5.74) is 1.22. The molecule has 0 aliphatic rings. The third-order valence-corrected chi connectivity index (χ3v) is 2.55. The van der Waals surface area contributed by atoms with Gasteiger partial charge in [-0.1, -0.05) is 12.1 Å². The van der Waals surface area contributed by atoms with Gasteiger partial charge in [0, 0.05) is 5.56 Å². The Morgan fingerprint density at radius 1 is 1.21 bits per heavy atom. The predicted molar refractivity (Wildman–Crippen MR) is 68.3 cm³/mol. The van der Waals surface area contributed by atoms with E-state index in [4.69, 9.17) is 4.74 Å². The number of esters is 1. The summed E-state index contributed by atoms with van der Waals surface area (Å²) in [4.78, 5) is 34.4. The molecule has 0 aliphatic heterocycles. The molecule has 1 aromatic carbocycles. The van der Waals surface area contributed by atoms with Gasteiger partial charge in [0.25, 0.3) is 0 Å². The smallest absolute Gasteiger partial charge is 0.375 e. The van der Waals surface area contributed by atoms with Gasteiger partial charge in [0.2, 0.25) is 5.78 Å². The van der Waals surface area contributed by atoms with E-state index >= 15 is 0 Å². The largest absolute Gasteiger partial charge is 0.496 e.